The highest BCUT2D eigenvalue weighted by molar-refractivity contribution is 6.08. The number of allylic oxidation sites excluding steroid dienone is 1. The largest absolute Gasteiger partial charge is 0.457 e. The summed E-state index contributed by atoms with van der Waals surface area (Å²) < 4.78 is 11.6. The van der Waals surface area contributed by atoms with Crippen molar-refractivity contribution in [1.82, 2.24) is 0 Å². The predicted molar refractivity (Wildman–Crippen MR) is 108 cm³/mol. The Morgan fingerprint density at radius 1 is 1.11 bits per heavy atom. The molecule has 6 nitrogen and oxygen atoms in total. The molecule has 0 fully saturated rings. The van der Waals surface area contributed by atoms with Gasteiger partial charge in [0.15, 0.2) is 0 Å². The molecule has 0 aliphatic carbocycles. The number of rotatable bonds is 3. The van der Waals surface area contributed by atoms with Gasteiger partial charge in [-0.25, -0.2) is 5.01 Å². The van der Waals surface area contributed by atoms with Crippen molar-refractivity contribution < 1.29 is 9.47 Å². The highest BCUT2D eigenvalue weighted by atomic mass is 16.5. The number of nitrogens with two attached hydrogens (primary N) is 1. The van der Waals surface area contributed by atoms with E-state index in [-0.39, 0.29) is 0 Å². The molecular weight excluding hydrogens is 352 g/mol. The number of hydrogen-bond acceptors (Lipinski definition) is 6. The van der Waals surface area contributed by atoms with Crippen LogP contribution in [0.1, 0.15) is 13.8 Å². The molecular formula is C22H20N4O2. The summed E-state index contributed by atoms with van der Waals surface area (Å²) in [6.07, 6.45) is 1.90. The Hall–Kier alpha value is -3.56. The van der Waals surface area contributed by atoms with Crippen molar-refractivity contribution in [3.63, 3.8) is 0 Å². The minimum atomic E-state index is -0.463. The molecule has 0 amide bonds. The second kappa shape index (κ2) is 6.87. The van der Waals surface area contributed by atoms with Gasteiger partial charge in [0.2, 0.25) is 0 Å². The number of para-hydroxylation sites is 1. The number of nitriles is 1. The van der Waals surface area contributed by atoms with Crippen LogP contribution in [0.15, 0.2) is 82.7 Å². The first kappa shape index (κ1) is 17.8. The zero-order valence-electron chi connectivity index (χ0n) is 15.7. The molecule has 2 aliphatic rings. The maximum Gasteiger partial charge on any atom is 0.144 e. The van der Waals surface area contributed by atoms with Gasteiger partial charge in [0.1, 0.15) is 29.0 Å². The summed E-state index contributed by atoms with van der Waals surface area (Å²) in [5, 5.41) is 15.9. The van der Waals surface area contributed by atoms with Gasteiger partial charge in [-0.3, -0.25) is 0 Å². The molecule has 0 spiro atoms. The highest BCUT2D eigenvalue weighted by Crippen LogP contribution is 2.33. The Morgan fingerprint density at radius 2 is 1.79 bits per heavy atom. The van der Waals surface area contributed by atoms with Crippen molar-refractivity contribution in [2.75, 3.05) is 11.6 Å². The van der Waals surface area contributed by atoms with E-state index in [1.54, 1.807) is 5.01 Å². The van der Waals surface area contributed by atoms with E-state index in [0.717, 1.165) is 17.0 Å². The van der Waals surface area contributed by atoms with Crippen LogP contribution < -0.4 is 15.5 Å². The molecule has 0 saturated carbocycles. The van der Waals surface area contributed by atoms with E-state index in [2.05, 4.69) is 11.2 Å². The lowest BCUT2D eigenvalue weighted by atomic mass is 9.92. The van der Waals surface area contributed by atoms with E-state index in [9.17, 15) is 5.26 Å². The van der Waals surface area contributed by atoms with E-state index in [0.29, 0.717) is 29.5 Å². The standard InChI is InChI=1S/C22H20N4O2/c1-22(2)12-18-19(13-23)21(24)26(25-20(18)14-27-22)15-8-10-17(11-9-15)28-16-6-4-3-5-7-16/h3-12H,14,24H2,1-2H3. The van der Waals surface area contributed by atoms with Crippen molar-refractivity contribution in [3.8, 4) is 17.6 Å². The Labute approximate surface area is 163 Å². The fourth-order valence-corrected chi connectivity index (χ4v) is 3.12. The minimum Gasteiger partial charge on any atom is -0.457 e. The average molecular weight is 372 g/mol. The van der Waals surface area contributed by atoms with E-state index in [1.165, 1.54) is 0 Å². The molecule has 0 bridgehead atoms. The number of fused-ring (bicyclic) bond motifs is 1. The first-order chi connectivity index (χ1) is 13.5. The monoisotopic (exact) mass is 372 g/mol. The van der Waals surface area contributed by atoms with Crippen molar-refractivity contribution in [1.29, 1.82) is 5.26 Å². The van der Waals surface area contributed by atoms with Crippen molar-refractivity contribution in [3.05, 3.63) is 77.6 Å². The summed E-state index contributed by atoms with van der Waals surface area (Å²) in [5.74, 6) is 1.76. The van der Waals surface area contributed by atoms with Gasteiger partial charge < -0.3 is 15.2 Å². The number of hydrazone groups is 1. The van der Waals surface area contributed by atoms with Gasteiger partial charge >= 0.3 is 0 Å². The second-order valence-corrected chi connectivity index (χ2v) is 7.09. The zero-order chi connectivity index (χ0) is 19.7. The normalized spacial score (nSPS) is 18.0. The molecule has 28 heavy (non-hydrogen) atoms. The molecule has 0 saturated heterocycles. The quantitative estimate of drug-likeness (QED) is 0.877. The van der Waals surface area contributed by atoms with Crippen molar-refractivity contribution in [2.24, 2.45) is 10.8 Å². The zero-order valence-corrected chi connectivity index (χ0v) is 15.7. The first-order valence-corrected chi connectivity index (χ1v) is 8.95. The number of nitrogens with zero attached hydrogens (tertiary/aromatic N) is 3. The molecule has 2 heterocycles. The SMILES string of the molecule is CC1(C)C=C2C(=NN(c3ccc(Oc4ccccc4)cc3)C(N)=C2C#N)CO1. The maximum atomic E-state index is 9.67. The molecule has 6 heteroatoms. The van der Waals surface area contributed by atoms with Gasteiger partial charge in [0.05, 0.1) is 23.6 Å². The lowest BCUT2D eigenvalue weighted by Gasteiger charge is -2.34. The van der Waals surface area contributed by atoms with Gasteiger partial charge in [-0.1, -0.05) is 18.2 Å². The van der Waals surface area contributed by atoms with Gasteiger partial charge in [-0.05, 0) is 56.3 Å². The third kappa shape index (κ3) is 3.36. The highest BCUT2D eigenvalue weighted by Gasteiger charge is 2.33. The molecule has 2 N–H and O–H groups in total. The van der Waals surface area contributed by atoms with Crippen LogP contribution in [-0.4, -0.2) is 17.9 Å². The Kier molecular flexibility index (Phi) is 4.38. The molecule has 2 aliphatic heterocycles. The van der Waals surface area contributed by atoms with E-state index in [1.807, 2.05) is 74.5 Å². The van der Waals surface area contributed by atoms with Crippen LogP contribution in [0.5, 0.6) is 11.5 Å². The fourth-order valence-electron chi connectivity index (χ4n) is 3.12. The van der Waals surface area contributed by atoms with Crippen LogP contribution in [0.3, 0.4) is 0 Å². The molecule has 0 atom stereocenters. The Bertz CT molecular complexity index is 1030. The molecule has 0 unspecified atom stereocenters. The summed E-state index contributed by atoms with van der Waals surface area (Å²) in [7, 11) is 0. The van der Waals surface area contributed by atoms with Crippen LogP contribution in [0.2, 0.25) is 0 Å². The van der Waals surface area contributed by atoms with Crippen molar-refractivity contribution in [2.45, 2.75) is 19.4 Å². The number of benzene rings is 2. The van der Waals surface area contributed by atoms with E-state index < -0.39 is 5.60 Å². The topological polar surface area (TPSA) is 83.9 Å². The Balaban J connectivity index is 1.64. The first-order valence-electron chi connectivity index (χ1n) is 8.95. The summed E-state index contributed by atoms with van der Waals surface area (Å²) in [4.78, 5) is 0. The maximum absolute atomic E-state index is 9.67. The predicted octanol–water partition coefficient (Wildman–Crippen LogP) is 4.08. The van der Waals surface area contributed by atoms with E-state index in [4.69, 9.17) is 15.2 Å². The van der Waals surface area contributed by atoms with E-state index >= 15 is 0 Å². The van der Waals surface area contributed by atoms with Crippen LogP contribution >= 0.6 is 0 Å². The lowest BCUT2D eigenvalue weighted by molar-refractivity contribution is 0.0409. The average Bonchev–Trinajstić information content (AvgIpc) is 2.69. The van der Waals surface area contributed by atoms with Gasteiger partial charge in [0.25, 0.3) is 0 Å². The van der Waals surface area contributed by atoms with Crippen molar-refractivity contribution >= 4 is 11.4 Å². The summed E-state index contributed by atoms with van der Waals surface area (Å²) >= 11 is 0. The van der Waals surface area contributed by atoms with Crippen LogP contribution in [-0.2, 0) is 4.74 Å². The van der Waals surface area contributed by atoms with Gasteiger partial charge in [-0.15, -0.1) is 0 Å². The third-order valence-electron chi connectivity index (χ3n) is 4.53. The second-order valence-electron chi connectivity index (χ2n) is 7.09. The number of anilines is 1. The summed E-state index contributed by atoms with van der Waals surface area (Å²) in [6.45, 7) is 4.21. The number of hydrogen-bond donors (Lipinski definition) is 1. The van der Waals surface area contributed by atoms with Gasteiger partial charge in [-0.2, -0.15) is 10.4 Å². The smallest absolute Gasteiger partial charge is 0.144 e. The Morgan fingerprint density at radius 3 is 2.46 bits per heavy atom. The fraction of sp³-hybridized carbons (Fsp3) is 0.182. The summed E-state index contributed by atoms with van der Waals surface area (Å²) in [5.41, 5.74) is 8.41. The molecule has 0 aromatic heterocycles. The summed E-state index contributed by atoms with van der Waals surface area (Å²) in [6, 6.07) is 19.2. The van der Waals surface area contributed by atoms with Crippen LogP contribution in [0, 0.1) is 11.3 Å². The molecule has 2 aromatic carbocycles. The minimum absolute atomic E-state index is 0.298. The van der Waals surface area contributed by atoms with Crippen LogP contribution in [0.4, 0.5) is 5.69 Å². The molecule has 140 valence electrons. The molecule has 2 aromatic rings. The number of ether oxygens (including phenoxy) is 2. The third-order valence-corrected chi connectivity index (χ3v) is 4.53. The lowest BCUT2D eigenvalue weighted by Crippen LogP contribution is -2.39. The van der Waals surface area contributed by atoms with Crippen LogP contribution in [0.25, 0.3) is 0 Å². The molecule has 0 radical (unpaired) electrons. The van der Waals surface area contributed by atoms with Gasteiger partial charge in [0, 0.05) is 5.57 Å². The molecule has 4 rings (SSSR count).